The molecule has 0 aliphatic heterocycles. The van der Waals surface area contributed by atoms with Crippen LogP contribution in [0.3, 0.4) is 0 Å². The Bertz CT molecular complexity index is 824. The monoisotopic (exact) mass is 765 g/mol. The lowest BCUT2D eigenvalue weighted by molar-refractivity contribution is -0.167. The molecule has 0 bridgehead atoms. The van der Waals surface area contributed by atoms with Gasteiger partial charge in [0, 0.05) is 19.3 Å². The van der Waals surface area contributed by atoms with E-state index in [1.807, 2.05) is 0 Å². The Labute approximate surface area is 336 Å². The van der Waals surface area contributed by atoms with Crippen molar-refractivity contribution in [1.82, 2.24) is 0 Å². The summed E-state index contributed by atoms with van der Waals surface area (Å²) in [6.45, 7) is 11.3. The molecule has 0 saturated carbocycles. The molecule has 0 rings (SSSR count). The van der Waals surface area contributed by atoms with E-state index in [1.165, 1.54) is 148 Å². The fourth-order valence-electron chi connectivity index (χ4n) is 7.11. The Balaban J connectivity index is 4.29. The third-order valence-corrected chi connectivity index (χ3v) is 10.7. The van der Waals surface area contributed by atoms with Gasteiger partial charge in [0.25, 0.3) is 0 Å². The Morgan fingerprint density at radius 1 is 0.352 bits per heavy atom. The van der Waals surface area contributed by atoms with Crippen LogP contribution in [0.4, 0.5) is 0 Å². The van der Waals surface area contributed by atoms with E-state index in [2.05, 4.69) is 34.6 Å². The average Bonchev–Trinajstić information content (AvgIpc) is 3.14. The molecule has 6 heteroatoms. The smallest absolute Gasteiger partial charge is 0.306 e. The largest absolute Gasteiger partial charge is 0.462 e. The zero-order valence-corrected chi connectivity index (χ0v) is 36.8. The van der Waals surface area contributed by atoms with E-state index in [1.54, 1.807) is 0 Å². The fourth-order valence-corrected chi connectivity index (χ4v) is 7.11. The van der Waals surface area contributed by atoms with Crippen molar-refractivity contribution in [3.63, 3.8) is 0 Å². The third kappa shape index (κ3) is 41.6. The highest BCUT2D eigenvalue weighted by Gasteiger charge is 2.19. The van der Waals surface area contributed by atoms with E-state index in [-0.39, 0.29) is 31.1 Å². The van der Waals surface area contributed by atoms with Crippen molar-refractivity contribution >= 4 is 17.9 Å². The van der Waals surface area contributed by atoms with Crippen LogP contribution in [0, 0.1) is 11.8 Å². The zero-order chi connectivity index (χ0) is 39.7. The summed E-state index contributed by atoms with van der Waals surface area (Å²) in [6, 6.07) is 0. The van der Waals surface area contributed by atoms with Crippen molar-refractivity contribution in [2.75, 3.05) is 13.2 Å². The molecule has 54 heavy (non-hydrogen) atoms. The fraction of sp³-hybridized carbons (Fsp3) is 0.938. The van der Waals surface area contributed by atoms with Crippen molar-refractivity contribution in [3.05, 3.63) is 0 Å². The van der Waals surface area contributed by atoms with Crippen LogP contribution in [0.1, 0.15) is 259 Å². The lowest BCUT2D eigenvalue weighted by Gasteiger charge is -2.18. The van der Waals surface area contributed by atoms with Crippen LogP contribution < -0.4 is 0 Å². The molecule has 0 saturated heterocycles. The molecule has 0 spiro atoms. The average molecular weight is 765 g/mol. The molecule has 0 heterocycles. The normalized spacial score (nSPS) is 12.1. The van der Waals surface area contributed by atoms with Crippen LogP contribution in [0.15, 0.2) is 0 Å². The number of esters is 3. The van der Waals surface area contributed by atoms with E-state index in [9.17, 15) is 14.4 Å². The maximum atomic E-state index is 12.7. The molecule has 6 nitrogen and oxygen atoms in total. The van der Waals surface area contributed by atoms with Crippen molar-refractivity contribution < 1.29 is 28.6 Å². The van der Waals surface area contributed by atoms with Crippen molar-refractivity contribution in [2.45, 2.75) is 265 Å². The first-order valence-corrected chi connectivity index (χ1v) is 23.7. The summed E-state index contributed by atoms with van der Waals surface area (Å²) in [5.74, 6) is 0.773. The van der Waals surface area contributed by atoms with Gasteiger partial charge in [0.1, 0.15) is 13.2 Å². The number of carbonyl (C=O) groups excluding carboxylic acids is 3. The zero-order valence-electron chi connectivity index (χ0n) is 36.8. The Kier molecular flexibility index (Phi) is 39.8. The summed E-state index contributed by atoms with van der Waals surface area (Å²) in [4.78, 5) is 37.7. The molecular weight excluding hydrogens is 673 g/mol. The van der Waals surface area contributed by atoms with Gasteiger partial charge in [-0.1, -0.05) is 221 Å². The van der Waals surface area contributed by atoms with Gasteiger partial charge >= 0.3 is 17.9 Å². The number of hydrogen-bond donors (Lipinski definition) is 0. The predicted molar refractivity (Wildman–Crippen MR) is 229 cm³/mol. The van der Waals surface area contributed by atoms with Gasteiger partial charge in [0.15, 0.2) is 6.10 Å². The van der Waals surface area contributed by atoms with E-state index in [4.69, 9.17) is 14.2 Å². The minimum Gasteiger partial charge on any atom is -0.462 e. The second kappa shape index (κ2) is 41.1. The lowest BCUT2D eigenvalue weighted by Crippen LogP contribution is -2.30. The molecule has 0 N–H and O–H groups in total. The molecule has 0 aliphatic rings. The summed E-state index contributed by atoms with van der Waals surface area (Å²) < 4.78 is 16.7. The summed E-state index contributed by atoms with van der Waals surface area (Å²) >= 11 is 0. The van der Waals surface area contributed by atoms with Crippen LogP contribution in [-0.2, 0) is 28.6 Å². The Morgan fingerprint density at radius 3 is 0.907 bits per heavy atom. The highest BCUT2D eigenvalue weighted by atomic mass is 16.6. The van der Waals surface area contributed by atoms with Crippen molar-refractivity contribution in [1.29, 1.82) is 0 Å². The van der Waals surface area contributed by atoms with Crippen LogP contribution in [0.5, 0.6) is 0 Å². The van der Waals surface area contributed by atoms with Gasteiger partial charge < -0.3 is 14.2 Å². The van der Waals surface area contributed by atoms with Gasteiger partial charge in [0.05, 0.1) is 0 Å². The maximum absolute atomic E-state index is 12.7. The standard InChI is InChI=1S/C48H92O6/c1-6-7-8-9-10-11-17-25-30-35-40-48(51)54-45(42-53-47(50)39-34-29-24-20-19-22-27-32-37-44(4)5)41-52-46(49)38-33-28-23-18-15-13-12-14-16-21-26-31-36-43(2)3/h43-45H,6-42H2,1-5H3/t45-/m1/s1. The third-order valence-electron chi connectivity index (χ3n) is 10.7. The van der Waals surface area contributed by atoms with E-state index >= 15 is 0 Å². The molecule has 0 amide bonds. The van der Waals surface area contributed by atoms with Gasteiger partial charge in [-0.3, -0.25) is 14.4 Å². The number of ether oxygens (including phenoxy) is 3. The molecule has 320 valence electrons. The number of carbonyl (C=O) groups is 3. The van der Waals surface area contributed by atoms with E-state index in [0.29, 0.717) is 19.3 Å². The summed E-state index contributed by atoms with van der Waals surface area (Å²) in [6.07, 6.45) is 39.5. The van der Waals surface area contributed by atoms with E-state index < -0.39 is 6.10 Å². The van der Waals surface area contributed by atoms with Crippen LogP contribution in [0.2, 0.25) is 0 Å². The predicted octanol–water partition coefficient (Wildman–Crippen LogP) is 15.0. The Morgan fingerprint density at radius 2 is 0.611 bits per heavy atom. The molecule has 0 fully saturated rings. The topological polar surface area (TPSA) is 78.9 Å². The molecule has 0 aliphatic carbocycles. The molecule has 0 aromatic heterocycles. The second-order valence-electron chi connectivity index (χ2n) is 17.3. The Hall–Kier alpha value is -1.59. The van der Waals surface area contributed by atoms with E-state index in [0.717, 1.165) is 69.6 Å². The van der Waals surface area contributed by atoms with Gasteiger partial charge in [-0.05, 0) is 31.1 Å². The minimum absolute atomic E-state index is 0.0647. The molecule has 0 aromatic carbocycles. The van der Waals surface area contributed by atoms with Crippen LogP contribution in [-0.4, -0.2) is 37.2 Å². The highest BCUT2D eigenvalue weighted by molar-refractivity contribution is 5.71. The SMILES string of the molecule is CCCCCCCCCCCCC(=O)O[C@H](COC(=O)CCCCCCCCCCCCCCC(C)C)COC(=O)CCCCCCCCCCC(C)C. The summed E-state index contributed by atoms with van der Waals surface area (Å²) in [5.41, 5.74) is 0. The quantitative estimate of drug-likeness (QED) is 0.0350. The molecule has 0 radical (unpaired) electrons. The second-order valence-corrected chi connectivity index (χ2v) is 17.3. The number of rotatable bonds is 42. The molecule has 0 aromatic rings. The van der Waals surface area contributed by atoms with Crippen LogP contribution in [0.25, 0.3) is 0 Å². The lowest BCUT2D eigenvalue weighted by atomic mass is 10.0. The molecule has 0 unspecified atom stereocenters. The first-order chi connectivity index (χ1) is 26.2. The summed E-state index contributed by atoms with van der Waals surface area (Å²) in [5, 5.41) is 0. The van der Waals surface area contributed by atoms with Crippen LogP contribution >= 0.6 is 0 Å². The summed E-state index contributed by atoms with van der Waals surface area (Å²) in [7, 11) is 0. The van der Waals surface area contributed by atoms with Crippen molar-refractivity contribution in [2.24, 2.45) is 11.8 Å². The first-order valence-electron chi connectivity index (χ1n) is 23.7. The molecular formula is C48H92O6. The molecule has 1 atom stereocenters. The van der Waals surface area contributed by atoms with Gasteiger partial charge in [0.2, 0.25) is 0 Å². The van der Waals surface area contributed by atoms with Crippen molar-refractivity contribution in [3.8, 4) is 0 Å². The number of unbranched alkanes of at least 4 members (excludes halogenated alkanes) is 27. The first kappa shape index (κ1) is 52.4. The highest BCUT2D eigenvalue weighted by Crippen LogP contribution is 2.17. The number of hydrogen-bond acceptors (Lipinski definition) is 6. The van der Waals surface area contributed by atoms with Gasteiger partial charge in [-0.25, -0.2) is 0 Å². The van der Waals surface area contributed by atoms with Gasteiger partial charge in [-0.15, -0.1) is 0 Å². The maximum Gasteiger partial charge on any atom is 0.306 e. The van der Waals surface area contributed by atoms with Gasteiger partial charge in [-0.2, -0.15) is 0 Å². The minimum atomic E-state index is -0.760.